The fraction of sp³-hybridized carbons (Fsp3) is 0.929. The summed E-state index contributed by atoms with van der Waals surface area (Å²) in [7, 11) is 0. The molecule has 1 fully saturated rings. The van der Waals surface area contributed by atoms with Gasteiger partial charge in [0.05, 0.1) is 19.3 Å². The maximum atomic E-state index is 9.08. The summed E-state index contributed by atoms with van der Waals surface area (Å²) in [6.45, 7) is 4.96. The lowest BCUT2D eigenvalue weighted by Crippen LogP contribution is -2.42. The van der Waals surface area contributed by atoms with Crippen LogP contribution in [-0.4, -0.2) is 32.0 Å². The molecule has 1 rings (SSSR count). The lowest BCUT2D eigenvalue weighted by atomic mass is 9.87. The van der Waals surface area contributed by atoms with Crippen molar-refractivity contribution in [3.8, 4) is 6.07 Å². The standard InChI is InChI=1S/C14H26N2O2/c1-2-3-8-17-10-11-18-9-6-13-5-4-7-14(13,16)12-15/h13H,2-11,16H2,1H3. The topological polar surface area (TPSA) is 68.3 Å². The molecule has 0 bridgehead atoms. The van der Waals surface area contributed by atoms with Crippen LogP contribution in [0.2, 0.25) is 0 Å². The maximum absolute atomic E-state index is 9.08. The largest absolute Gasteiger partial charge is 0.379 e. The van der Waals surface area contributed by atoms with Crippen molar-refractivity contribution < 1.29 is 9.47 Å². The van der Waals surface area contributed by atoms with Crippen molar-refractivity contribution in [2.24, 2.45) is 11.7 Å². The first kappa shape index (κ1) is 15.4. The molecule has 0 heterocycles. The molecular weight excluding hydrogens is 228 g/mol. The summed E-state index contributed by atoms with van der Waals surface area (Å²) in [6, 6.07) is 2.26. The van der Waals surface area contributed by atoms with E-state index in [2.05, 4.69) is 13.0 Å². The minimum Gasteiger partial charge on any atom is -0.379 e. The summed E-state index contributed by atoms with van der Waals surface area (Å²) in [4.78, 5) is 0. The zero-order valence-corrected chi connectivity index (χ0v) is 11.5. The quantitative estimate of drug-likeness (QED) is 0.641. The highest BCUT2D eigenvalue weighted by Crippen LogP contribution is 2.35. The number of unbranched alkanes of at least 4 members (excludes halogenated alkanes) is 1. The molecule has 2 atom stereocenters. The van der Waals surface area contributed by atoms with Crippen molar-refractivity contribution in [3.05, 3.63) is 0 Å². The Morgan fingerprint density at radius 3 is 2.67 bits per heavy atom. The highest BCUT2D eigenvalue weighted by atomic mass is 16.5. The van der Waals surface area contributed by atoms with Gasteiger partial charge in [0.25, 0.3) is 0 Å². The van der Waals surface area contributed by atoms with Crippen LogP contribution in [0.25, 0.3) is 0 Å². The van der Waals surface area contributed by atoms with E-state index in [0.29, 0.717) is 25.7 Å². The minimum atomic E-state index is -0.610. The molecule has 0 aromatic carbocycles. The maximum Gasteiger partial charge on any atom is 0.107 e. The molecule has 4 heteroatoms. The summed E-state index contributed by atoms with van der Waals surface area (Å²) in [5.74, 6) is 0.295. The Balaban J connectivity index is 2.00. The van der Waals surface area contributed by atoms with Gasteiger partial charge >= 0.3 is 0 Å². The molecule has 0 saturated heterocycles. The van der Waals surface area contributed by atoms with Gasteiger partial charge in [0, 0.05) is 13.2 Å². The average molecular weight is 254 g/mol. The van der Waals surface area contributed by atoms with Gasteiger partial charge in [-0.25, -0.2) is 0 Å². The first-order chi connectivity index (χ1) is 8.73. The Bertz CT molecular complexity index is 265. The van der Waals surface area contributed by atoms with Crippen LogP contribution in [0.4, 0.5) is 0 Å². The van der Waals surface area contributed by atoms with Crippen molar-refractivity contribution in [1.29, 1.82) is 5.26 Å². The average Bonchev–Trinajstić information content (AvgIpc) is 2.75. The summed E-state index contributed by atoms with van der Waals surface area (Å²) >= 11 is 0. The first-order valence-corrected chi connectivity index (χ1v) is 7.08. The van der Waals surface area contributed by atoms with E-state index in [9.17, 15) is 0 Å². The van der Waals surface area contributed by atoms with E-state index in [1.54, 1.807) is 0 Å². The zero-order chi connectivity index (χ0) is 13.3. The molecule has 104 valence electrons. The number of hydrogen-bond acceptors (Lipinski definition) is 4. The van der Waals surface area contributed by atoms with Crippen LogP contribution < -0.4 is 5.73 Å². The van der Waals surface area contributed by atoms with Crippen LogP contribution in [0.5, 0.6) is 0 Å². The SMILES string of the molecule is CCCCOCCOCCC1CCCC1(N)C#N. The zero-order valence-electron chi connectivity index (χ0n) is 11.5. The van der Waals surface area contributed by atoms with Gasteiger partial charge in [-0.15, -0.1) is 0 Å². The number of nitriles is 1. The Hall–Kier alpha value is -0.630. The second-order valence-electron chi connectivity index (χ2n) is 5.11. The molecule has 0 spiro atoms. The summed E-state index contributed by atoms with van der Waals surface area (Å²) in [6.07, 6.45) is 6.11. The highest BCUT2D eigenvalue weighted by molar-refractivity contribution is 5.11. The monoisotopic (exact) mass is 254 g/mol. The van der Waals surface area contributed by atoms with Gasteiger partial charge in [0.1, 0.15) is 5.54 Å². The van der Waals surface area contributed by atoms with Crippen LogP contribution in [0, 0.1) is 17.2 Å². The molecule has 4 nitrogen and oxygen atoms in total. The molecule has 0 aromatic rings. The minimum absolute atomic E-state index is 0.295. The summed E-state index contributed by atoms with van der Waals surface area (Å²) in [5.41, 5.74) is 5.45. The van der Waals surface area contributed by atoms with E-state index < -0.39 is 5.54 Å². The highest BCUT2D eigenvalue weighted by Gasteiger charge is 2.39. The van der Waals surface area contributed by atoms with Gasteiger partial charge in [0.2, 0.25) is 0 Å². The van der Waals surface area contributed by atoms with Crippen molar-refractivity contribution >= 4 is 0 Å². The van der Waals surface area contributed by atoms with Crippen LogP contribution in [0.1, 0.15) is 45.4 Å². The molecule has 2 unspecified atom stereocenters. The third-order valence-electron chi connectivity index (χ3n) is 3.70. The van der Waals surface area contributed by atoms with Crippen molar-refractivity contribution in [1.82, 2.24) is 0 Å². The van der Waals surface area contributed by atoms with Crippen molar-refractivity contribution in [2.45, 2.75) is 51.0 Å². The van der Waals surface area contributed by atoms with Crippen LogP contribution >= 0.6 is 0 Å². The van der Waals surface area contributed by atoms with Crippen LogP contribution in [-0.2, 0) is 9.47 Å². The molecule has 0 amide bonds. The smallest absolute Gasteiger partial charge is 0.107 e. The Kier molecular flexibility index (Phi) is 7.26. The predicted molar refractivity (Wildman–Crippen MR) is 71.0 cm³/mol. The van der Waals surface area contributed by atoms with Crippen molar-refractivity contribution in [3.63, 3.8) is 0 Å². The number of rotatable bonds is 9. The van der Waals surface area contributed by atoms with E-state index in [-0.39, 0.29) is 0 Å². The number of nitrogens with zero attached hydrogens (tertiary/aromatic N) is 1. The normalized spacial score (nSPS) is 27.3. The number of hydrogen-bond donors (Lipinski definition) is 1. The number of ether oxygens (including phenoxy) is 2. The Morgan fingerprint density at radius 2 is 2.00 bits per heavy atom. The fourth-order valence-corrected chi connectivity index (χ4v) is 2.45. The molecule has 1 aliphatic carbocycles. The van der Waals surface area contributed by atoms with Gasteiger partial charge in [-0.2, -0.15) is 5.26 Å². The van der Waals surface area contributed by atoms with Crippen LogP contribution in [0.15, 0.2) is 0 Å². The van der Waals surface area contributed by atoms with Crippen molar-refractivity contribution in [2.75, 3.05) is 26.4 Å². The molecular formula is C14H26N2O2. The first-order valence-electron chi connectivity index (χ1n) is 7.08. The lowest BCUT2D eigenvalue weighted by molar-refractivity contribution is 0.0405. The van der Waals surface area contributed by atoms with E-state index in [4.69, 9.17) is 20.5 Å². The van der Waals surface area contributed by atoms with E-state index in [1.807, 2.05) is 0 Å². The third-order valence-corrected chi connectivity index (χ3v) is 3.70. The second kappa shape index (κ2) is 8.47. The van der Waals surface area contributed by atoms with Gasteiger partial charge in [-0.1, -0.05) is 19.8 Å². The fourth-order valence-electron chi connectivity index (χ4n) is 2.45. The number of nitrogens with two attached hydrogens (primary N) is 1. The van der Waals surface area contributed by atoms with Gasteiger partial charge in [-0.05, 0) is 31.6 Å². The Labute approximate surface area is 110 Å². The third kappa shape index (κ3) is 4.93. The van der Waals surface area contributed by atoms with Gasteiger partial charge < -0.3 is 15.2 Å². The summed E-state index contributed by atoms with van der Waals surface area (Å²) < 4.78 is 10.9. The molecule has 18 heavy (non-hydrogen) atoms. The van der Waals surface area contributed by atoms with E-state index in [0.717, 1.165) is 45.1 Å². The molecule has 2 N–H and O–H groups in total. The molecule has 1 saturated carbocycles. The van der Waals surface area contributed by atoms with E-state index >= 15 is 0 Å². The predicted octanol–water partition coefficient (Wildman–Crippen LogP) is 2.23. The second-order valence-corrected chi connectivity index (χ2v) is 5.11. The summed E-state index contributed by atoms with van der Waals surface area (Å²) in [5, 5.41) is 9.08. The van der Waals surface area contributed by atoms with Gasteiger partial charge in [-0.3, -0.25) is 0 Å². The van der Waals surface area contributed by atoms with E-state index in [1.165, 1.54) is 0 Å². The Morgan fingerprint density at radius 1 is 1.28 bits per heavy atom. The lowest BCUT2D eigenvalue weighted by Gasteiger charge is -2.23. The van der Waals surface area contributed by atoms with Crippen LogP contribution in [0.3, 0.4) is 0 Å². The molecule has 0 aliphatic heterocycles. The van der Waals surface area contributed by atoms with Gasteiger partial charge in [0.15, 0.2) is 0 Å². The molecule has 1 aliphatic rings. The molecule has 0 aromatic heterocycles. The molecule has 0 radical (unpaired) electrons.